The molecule has 3 rings (SSSR count). The highest BCUT2D eigenvalue weighted by Crippen LogP contribution is 2.31. The third-order valence-electron chi connectivity index (χ3n) is 4.52. The minimum atomic E-state index is -4.40. The van der Waals surface area contributed by atoms with E-state index in [4.69, 9.17) is 0 Å². The smallest absolute Gasteiger partial charge is 0.354 e. The topological polar surface area (TPSA) is 71.1 Å². The standard InChI is InChI=1S/C22H19F4N3O2S/c1-13-2-3-15(10-18(13)23)20(31)28-9-8-27-19(30)11-17-12-32-21(29-17)14-4-6-16(7-5-14)22(24,25)26/h2-7,10,12H,8-9,11H2,1H3,(H,27,30)(H,28,31). The van der Waals surface area contributed by atoms with Crippen molar-refractivity contribution in [2.24, 2.45) is 0 Å². The maximum Gasteiger partial charge on any atom is 0.416 e. The van der Waals surface area contributed by atoms with Crippen molar-refractivity contribution in [1.82, 2.24) is 15.6 Å². The number of amides is 2. The molecule has 3 aromatic rings. The summed E-state index contributed by atoms with van der Waals surface area (Å²) in [5.74, 6) is -1.23. The Bertz CT molecular complexity index is 1110. The SMILES string of the molecule is Cc1ccc(C(=O)NCCNC(=O)Cc2csc(-c3ccc(C(F)(F)F)cc3)n2)cc1F. The van der Waals surface area contributed by atoms with Gasteiger partial charge in [-0.05, 0) is 36.8 Å². The Morgan fingerprint density at radius 3 is 2.38 bits per heavy atom. The van der Waals surface area contributed by atoms with Crippen LogP contribution in [0.5, 0.6) is 0 Å². The van der Waals surface area contributed by atoms with Crippen LogP contribution in [0.15, 0.2) is 47.8 Å². The Morgan fingerprint density at radius 1 is 1.03 bits per heavy atom. The maximum absolute atomic E-state index is 13.5. The molecule has 0 atom stereocenters. The molecule has 0 aliphatic heterocycles. The normalized spacial score (nSPS) is 11.3. The van der Waals surface area contributed by atoms with Crippen molar-refractivity contribution in [1.29, 1.82) is 0 Å². The lowest BCUT2D eigenvalue weighted by molar-refractivity contribution is -0.137. The summed E-state index contributed by atoms with van der Waals surface area (Å²) in [4.78, 5) is 28.4. The molecule has 2 aromatic carbocycles. The van der Waals surface area contributed by atoms with Gasteiger partial charge >= 0.3 is 6.18 Å². The number of nitrogens with one attached hydrogen (secondary N) is 2. The molecular weight excluding hydrogens is 446 g/mol. The first kappa shape index (κ1) is 23.4. The Kier molecular flexibility index (Phi) is 7.24. The summed E-state index contributed by atoms with van der Waals surface area (Å²) in [6, 6.07) is 8.84. The van der Waals surface area contributed by atoms with Gasteiger partial charge in [-0.3, -0.25) is 9.59 Å². The average Bonchev–Trinajstić information content (AvgIpc) is 3.21. The first-order valence-corrected chi connectivity index (χ1v) is 10.4. The molecule has 168 valence electrons. The third-order valence-corrected chi connectivity index (χ3v) is 5.46. The van der Waals surface area contributed by atoms with E-state index < -0.39 is 23.5 Å². The summed E-state index contributed by atoms with van der Waals surface area (Å²) in [5.41, 5.74) is 0.915. The first-order valence-electron chi connectivity index (χ1n) is 9.56. The lowest BCUT2D eigenvalue weighted by Gasteiger charge is -2.07. The number of nitrogens with zero attached hydrogens (tertiary/aromatic N) is 1. The molecule has 2 amide bonds. The zero-order valence-electron chi connectivity index (χ0n) is 16.9. The molecule has 32 heavy (non-hydrogen) atoms. The van der Waals surface area contributed by atoms with Crippen molar-refractivity contribution in [3.8, 4) is 10.6 Å². The highest BCUT2D eigenvalue weighted by Gasteiger charge is 2.30. The number of hydrogen-bond acceptors (Lipinski definition) is 4. The van der Waals surface area contributed by atoms with Gasteiger partial charge in [0.2, 0.25) is 5.91 Å². The van der Waals surface area contributed by atoms with E-state index in [1.807, 2.05) is 0 Å². The molecule has 0 spiro atoms. The van der Waals surface area contributed by atoms with Crippen LogP contribution in [-0.2, 0) is 17.4 Å². The third kappa shape index (κ3) is 6.13. The number of rotatable bonds is 7. The van der Waals surface area contributed by atoms with Gasteiger partial charge in [0.15, 0.2) is 0 Å². The molecule has 0 saturated carbocycles. The molecule has 2 N–H and O–H groups in total. The van der Waals surface area contributed by atoms with Gasteiger partial charge in [-0.1, -0.05) is 18.2 Å². The van der Waals surface area contributed by atoms with Gasteiger partial charge in [0.25, 0.3) is 5.91 Å². The quantitative estimate of drug-likeness (QED) is 0.402. The summed E-state index contributed by atoms with van der Waals surface area (Å²) >= 11 is 1.23. The van der Waals surface area contributed by atoms with E-state index in [9.17, 15) is 27.2 Å². The second kappa shape index (κ2) is 9.90. The molecule has 0 fully saturated rings. The summed E-state index contributed by atoms with van der Waals surface area (Å²) in [6.07, 6.45) is -4.41. The molecule has 1 aromatic heterocycles. The number of thiazole rings is 1. The molecule has 10 heteroatoms. The van der Waals surface area contributed by atoms with Gasteiger partial charge in [0.1, 0.15) is 10.8 Å². The largest absolute Gasteiger partial charge is 0.416 e. The molecule has 0 unspecified atom stereocenters. The number of alkyl halides is 3. The van der Waals surface area contributed by atoms with E-state index in [1.54, 1.807) is 12.3 Å². The second-order valence-corrected chi connectivity index (χ2v) is 7.82. The van der Waals surface area contributed by atoms with E-state index in [2.05, 4.69) is 15.6 Å². The molecule has 0 aliphatic rings. The molecule has 0 bridgehead atoms. The Balaban J connectivity index is 1.45. The van der Waals surface area contributed by atoms with Gasteiger partial charge in [0.05, 0.1) is 17.7 Å². The summed E-state index contributed by atoms with van der Waals surface area (Å²) in [7, 11) is 0. The van der Waals surface area contributed by atoms with Crippen LogP contribution in [-0.4, -0.2) is 29.9 Å². The van der Waals surface area contributed by atoms with E-state index in [1.165, 1.54) is 35.6 Å². The van der Waals surface area contributed by atoms with Crippen LogP contribution in [0.2, 0.25) is 0 Å². The van der Waals surface area contributed by atoms with Crippen LogP contribution in [0, 0.1) is 12.7 Å². The van der Waals surface area contributed by atoms with Gasteiger partial charge in [-0.25, -0.2) is 9.37 Å². The van der Waals surface area contributed by atoms with Crippen LogP contribution in [0.3, 0.4) is 0 Å². The fourth-order valence-electron chi connectivity index (χ4n) is 2.76. The number of benzene rings is 2. The van der Waals surface area contributed by atoms with Crippen molar-refractivity contribution in [2.75, 3.05) is 13.1 Å². The molecule has 1 heterocycles. The molecule has 0 aliphatic carbocycles. The monoisotopic (exact) mass is 465 g/mol. The van der Waals surface area contributed by atoms with Crippen molar-refractivity contribution < 1.29 is 27.2 Å². The zero-order chi connectivity index (χ0) is 23.3. The van der Waals surface area contributed by atoms with Crippen molar-refractivity contribution in [3.05, 3.63) is 76.0 Å². The van der Waals surface area contributed by atoms with E-state index in [0.29, 0.717) is 21.8 Å². The van der Waals surface area contributed by atoms with Crippen molar-refractivity contribution in [2.45, 2.75) is 19.5 Å². The molecule has 5 nitrogen and oxygen atoms in total. The van der Waals surface area contributed by atoms with Gasteiger partial charge in [0, 0.05) is 29.6 Å². The Labute approximate surface area is 185 Å². The molecular formula is C22H19F4N3O2S. The van der Waals surface area contributed by atoms with E-state index >= 15 is 0 Å². The molecule has 0 saturated heterocycles. The van der Waals surface area contributed by atoms with Gasteiger partial charge < -0.3 is 10.6 Å². The number of carbonyl (C=O) groups is 2. The first-order chi connectivity index (χ1) is 15.1. The second-order valence-electron chi connectivity index (χ2n) is 6.97. The van der Waals surface area contributed by atoms with Crippen molar-refractivity contribution >= 4 is 23.2 Å². The predicted octanol–water partition coefficient (Wildman–Crippen LogP) is 4.37. The average molecular weight is 465 g/mol. The van der Waals surface area contributed by atoms with Gasteiger partial charge in [-0.15, -0.1) is 11.3 Å². The highest BCUT2D eigenvalue weighted by molar-refractivity contribution is 7.13. The van der Waals surface area contributed by atoms with Gasteiger partial charge in [-0.2, -0.15) is 13.2 Å². The predicted molar refractivity (Wildman–Crippen MR) is 113 cm³/mol. The molecule has 0 radical (unpaired) electrons. The van der Waals surface area contributed by atoms with Crippen LogP contribution in [0.4, 0.5) is 17.6 Å². The minimum Gasteiger partial charge on any atom is -0.354 e. The lowest BCUT2D eigenvalue weighted by atomic mass is 10.1. The summed E-state index contributed by atoms with van der Waals surface area (Å²) in [6.45, 7) is 1.93. The number of aromatic nitrogens is 1. The lowest BCUT2D eigenvalue weighted by Crippen LogP contribution is -2.35. The highest BCUT2D eigenvalue weighted by atomic mass is 32.1. The minimum absolute atomic E-state index is 0.00570. The Morgan fingerprint density at radius 2 is 1.72 bits per heavy atom. The van der Waals surface area contributed by atoms with Crippen LogP contribution < -0.4 is 10.6 Å². The fourth-order valence-corrected chi connectivity index (χ4v) is 3.59. The van der Waals surface area contributed by atoms with Crippen LogP contribution in [0.25, 0.3) is 10.6 Å². The Hall–Kier alpha value is -3.27. The van der Waals surface area contributed by atoms with E-state index in [-0.39, 0.29) is 31.0 Å². The number of carbonyl (C=O) groups excluding carboxylic acids is 2. The summed E-state index contributed by atoms with van der Waals surface area (Å²) < 4.78 is 51.5. The number of halogens is 4. The number of hydrogen-bond donors (Lipinski definition) is 2. The maximum atomic E-state index is 13.5. The zero-order valence-corrected chi connectivity index (χ0v) is 17.7. The fraction of sp³-hybridized carbons (Fsp3) is 0.227. The van der Waals surface area contributed by atoms with E-state index in [0.717, 1.165) is 18.2 Å². The van der Waals surface area contributed by atoms with Crippen LogP contribution in [0.1, 0.15) is 27.2 Å². The van der Waals surface area contributed by atoms with Crippen molar-refractivity contribution in [3.63, 3.8) is 0 Å². The summed E-state index contributed by atoms with van der Waals surface area (Å²) in [5, 5.41) is 7.42. The van der Waals surface area contributed by atoms with Crippen LogP contribution >= 0.6 is 11.3 Å². The number of aryl methyl sites for hydroxylation is 1.